The average Bonchev–Trinajstić information content (AvgIpc) is 3.45. The summed E-state index contributed by atoms with van der Waals surface area (Å²) in [5, 5.41) is 15.9. The minimum Gasteiger partial charge on any atom is -0.487 e. The number of fused-ring (bicyclic) bond motifs is 4. The number of nitrogens with one attached hydrogen (secondary N) is 2. The van der Waals surface area contributed by atoms with Gasteiger partial charge in [0.25, 0.3) is 5.91 Å². The van der Waals surface area contributed by atoms with Crippen molar-refractivity contribution in [2.45, 2.75) is 49.9 Å². The summed E-state index contributed by atoms with van der Waals surface area (Å²) in [6.07, 6.45) is 2.05. The number of aliphatic hydroxyl groups excluding tert-OH is 1. The van der Waals surface area contributed by atoms with Gasteiger partial charge < -0.3 is 34.7 Å². The molecule has 0 spiro atoms. The summed E-state index contributed by atoms with van der Waals surface area (Å²) >= 11 is 0. The Morgan fingerprint density at radius 3 is 2.69 bits per heavy atom. The predicted molar refractivity (Wildman–Crippen MR) is 125 cm³/mol. The predicted octanol–water partition coefficient (Wildman–Crippen LogP) is 2.58. The van der Waals surface area contributed by atoms with E-state index in [1.165, 1.54) is 12.8 Å². The van der Waals surface area contributed by atoms with Gasteiger partial charge in [-0.15, -0.1) is 0 Å². The molecular weight excluding hydrogens is 452 g/mol. The summed E-state index contributed by atoms with van der Waals surface area (Å²) in [6.45, 7) is 0.679. The van der Waals surface area contributed by atoms with Crippen LogP contribution in [0.2, 0.25) is 0 Å². The topological polar surface area (TPSA) is 115 Å². The number of aliphatic hydroxyl groups is 1. The van der Waals surface area contributed by atoms with Crippen molar-refractivity contribution in [3.05, 3.63) is 47.5 Å². The van der Waals surface area contributed by atoms with Crippen molar-refractivity contribution in [1.82, 2.24) is 5.32 Å². The fourth-order valence-electron chi connectivity index (χ4n) is 5.07. The summed E-state index contributed by atoms with van der Waals surface area (Å²) < 4.78 is 22.8. The highest BCUT2D eigenvalue weighted by molar-refractivity contribution is 6.04. The third-order valence-electron chi connectivity index (χ3n) is 7.09. The third-order valence-corrected chi connectivity index (χ3v) is 7.09. The highest BCUT2D eigenvalue weighted by Crippen LogP contribution is 2.47. The molecule has 3 N–H and O–H groups in total. The molecule has 4 aliphatic rings. The van der Waals surface area contributed by atoms with E-state index in [0.29, 0.717) is 40.8 Å². The molecule has 3 aliphatic heterocycles. The molecule has 3 heterocycles. The van der Waals surface area contributed by atoms with Gasteiger partial charge in [0, 0.05) is 29.3 Å². The van der Waals surface area contributed by atoms with Crippen molar-refractivity contribution in [2.24, 2.45) is 5.92 Å². The van der Waals surface area contributed by atoms with E-state index in [0.717, 1.165) is 12.1 Å². The molecule has 0 unspecified atom stereocenters. The van der Waals surface area contributed by atoms with Gasteiger partial charge in [-0.3, -0.25) is 9.59 Å². The number of carbonyl (C=O) groups excluding carboxylic acids is 2. The molecule has 6 rings (SSSR count). The van der Waals surface area contributed by atoms with Crippen molar-refractivity contribution in [1.29, 1.82) is 0 Å². The molecule has 184 valence electrons. The molecule has 0 aromatic heterocycles. The molecule has 9 nitrogen and oxygen atoms in total. The van der Waals surface area contributed by atoms with E-state index in [4.69, 9.17) is 18.9 Å². The monoisotopic (exact) mass is 480 g/mol. The van der Waals surface area contributed by atoms with E-state index in [1.54, 1.807) is 24.3 Å². The van der Waals surface area contributed by atoms with Crippen molar-refractivity contribution in [3.8, 4) is 17.2 Å². The Morgan fingerprint density at radius 2 is 1.86 bits per heavy atom. The molecule has 1 saturated carbocycles. The lowest BCUT2D eigenvalue weighted by atomic mass is 9.84. The van der Waals surface area contributed by atoms with Crippen LogP contribution in [-0.4, -0.2) is 55.2 Å². The highest BCUT2D eigenvalue weighted by Gasteiger charge is 2.46. The van der Waals surface area contributed by atoms with Crippen LogP contribution >= 0.6 is 0 Å². The van der Waals surface area contributed by atoms with Crippen LogP contribution in [0.4, 0.5) is 5.69 Å². The second kappa shape index (κ2) is 9.05. The molecule has 2 fully saturated rings. The van der Waals surface area contributed by atoms with Crippen LogP contribution < -0.4 is 24.8 Å². The number of amides is 2. The fourth-order valence-corrected chi connectivity index (χ4v) is 5.07. The van der Waals surface area contributed by atoms with Crippen molar-refractivity contribution < 1.29 is 33.6 Å². The Kier molecular flexibility index (Phi) is 5.74. The number of hydrogen-bond donors (Lipinski definition) is 3. The smallest absolute Gasteiger partial charge is 0.255 e. The van der Waals surface area contributed by atoms with E-state index >= 15 is 0 Å². The number of anilines is 1. The number of carbonyl (C=O) groups is 2. The Bertz CT molecular complexity index is 1150. The maximum Gasteiger partial charge on any atom is 0.255 e. The Labute approximate surface area is 202 Å². The van der Waals surface area contributed by atoms with E-state index < -0.39 is 6.10 Å². The van der Waals surface area contributed by atoms with Gasteiger partial charge in [-0.1, -0.05) is 0 Å². The van der Waals surface area contributed by atoms with Gasteiger partial charge in [-0.2, -0.15) is 0 Å². The SMILES string of the molecule is O=C(C[C@H]1C[C@H]2c3cc(NC(=O)c4ccc5c(c4)OCO5)ccc3O[C@H]2[C@H](CO)O1)NCC1CC1. The summed E-state index contributed by atoms with van der Waals surface area (Å²) in [5.74, 6) is 2.16. The number of rotatable bonds is 7. The van der Waals surface area contributed by atoms with Crippen molar-refractivity contribution >= 4 is 17.5 Å². The van der Waals surface area contributed by atoms with Crippen molar-refractivity contribution in [3.63, 3.8) is 0 Å². The van der Waals surface area contributed by atoms with E-state index in [-0.39, 0.29) is 49.8 Å². The van der Waals surface area contributed by atoms with Gasteiger partial charge in [0.15, 0.2) is 11.5 Å². The first-order valence-corrected chi connectivity index (χ1v) is 12.1. The summed E-state index contributed by atoms with van der Waals surface area (Å²) in [7, 11) is 0. The standard InChI is InChI=1S/C26H28N2O7/c29-12-23-25-19(9-17(34-23)10-24(30)27-11-14-1-2-14)18-8-16(4-6-20(18)35-25)28-26(31)15-3-5-21-22(7-15)33-13-32-21/h3-8,14,17,19,23,25,29H,1-2,9-13H2,(H,27,30)(H,28,31)/t17-,19+,23+,25-/m1/s1. The van der Waals surface area contributed by atoms with E-state index in [1.807, 2.05) is 12.1 Å². The van der Waals surface area contributed by atoms with Crippen LogP contribution in [0.1, 0.15) is 47.5 Å². The largest absolute Gasteiger partial charge is 0.487 e. The van der Waals surface area contributed by atoms with E-state index in [9.17, 15) is 14.7 Å². The zero-order valence-corrected chi connectivity index (χ0v) is 19.2. The van der Waals surface area contributed by atoms with Gasteiger partial charge in [-0.05, 0) is 61.6 Å². The molecule has 1 saturated heterocycles. The first kappa shape index (κ1) is 22.2. The van der Waals surface area contributed by atoms with Crippen molar-refractivity contribution in [2.75, 3.05) is 25.3 Å². The van der Waals surface area contributed by atoms with Crippen LogP contribution in [0.25, 0.3) is 0 Å². The van der Waals surface area contributed by atoms with Gasteiger partial charge in [0.1, 0.15) is 18.0 Å². The maximum atomic E-state index is 12.8. The molecule has 2 aromatic rings. The minimum atomic E-state index is -0.519. The molecule has 2 amide bonds. The quantitative estimate of drug-likeness (QED) is 0.558. The Hall–Kier alpha value is -3.30. The summed E-state index contributed by atoms with van der Waals surface area (Å²) in [4.78, 5) is 25.3. The molecule has 0 radical (unpaired) electrons. The lowest BCUT2D eigenvalue weighted by Gasteiger charge is -2.37. The zero-order valence-electron chi connectivity index (χ0n) is 19.2. The van der Waals surface area contributed by atoms with Gasteiger partial charge in [0.05, 0.1) is 19.1 Å². The molecule has 2 aromatic carbocycles. The molecule has 0 bridgehead atoms. The lowest BCUT2D eigenvalue weighted by Crippen LogP contribution is -2.47. The van der Waals surface area contributed by atoms with Crippen LogP contribution in [0.3, 0.4) is 0 Å². The average molecular weight is 481 g/mol. The zero-order chi connectivity index (χ0) is 23.9. The second-order valence-electron chi connectivity index (χ2n) is 9.63. The highest BCUT2D eigenvalue weighted by atomic mass is 16.7. The minimum absolute atomic E-state index is 0.0269. The molecule has 9 heteroatoms. The second-order valence-corrected chi connectivity index (χ2v) is 9.63. The fraction of sp³-hybridized carbons (Fsp3) is 0.462. The summed E-state index contributed by atoms with van der Waals surface area (Å²) in [6, 6.07) is 10.6. The molecular formula is C26H28N2O7. The Balaban J connectivity index is 1.16. The van der Waals surface area contributed by atoms with Crippen LogP contribution in [-0.2, 0) is 9.53 Å². The molecule has 4 atom stereocenters. The first-order valence-electron chi connectivity index (χ1n) is 12.1. The lowest BCUT2D eigenvalue weighted by molar-refractivity contribution is -0.142. The normalized spacial score (nSPS) is 25.9. The molecule has 35 heavy (non-hydrogen) atoms. The van der Waals surface area contributed by atoms with Crippen LogP contribution in [0.5, 0.6) is 17.2 Å². The molecule has 1 aliphatic carbocycles. The van der Waals surface area contributed by atoms with Gasteiger partial charge in [0.2, 0.25) is 12.7 Å². The van der Waals surface area contributed by atoms with Crippen LogP contribution in [0, 0.1) is 5.92 Å². The first-order chi connectivity index (χ1) is 17.1. The van der Waals surface area contributed by atoms with E-state index in [2.05, 4.69) is 10.6 Å². The van der Waals surface area contributed by atoms with Crippen LogP contribution in [0.15, 0.2) is 36.4 Å². The van der Waals surface area contributed by atoms with Gasteiger partial charge >= 0.3 is 0 Å². The number of hydrogen-bond acceptors (Lipinski definition) is 7. The third kappa shape index (κ3) is 4.53. The number of ether oxygens (including phenoxy) is 4. The van der Waals surface area contributed by atoms with Gasteiger partial charge in [-0.25, -0.2) is 0 Å². The maximum absolute atomic E-state index is 12.8. The number of benzene rings is 2. The Morgan fingerprint density at radius 1 is 1.03 bits per heavy atom. The summed E-state index contributed by atoms with van der Waals surface area (Å²) in [5.41, 5.74) is 2.05.